The molecule has 0 saturated heterocycles. The molecule has 0 radical (unpaired) electrons. The molecule has 0 amide bonds. The second kappa shape index (κ2) is 10.4. The second-order valence-electron chi connectivity index (χ2n) is 5.42. The SMILES string of the molecule is Cc1c[c-](C)c(C)c1C.Cc1cc2ccccc2[cH-]1.[Cl-].[Cl-].[Zr+4]. The van der Waals surface area contributed by atoms with Crippen LogP contribution in [-0.2, 0) is 26.2 Å². The molecule has 22 heavy (non-hydrogen) atoms. The molecule has 0 bridgehead atoms. The van der Waals surface area contributed by atoms with Gasteiger partial charge in [-0.1, -0.05) is 40.7 Å². The van der Waals surface area contributed by atoms with E-state index in [1.54, 1.807) is 0 Å². The fourth-order valence-electron chi connectivity index (χ4n) is 2.44. The van der Waals surface area contributed by atoms with E-state index < -0.39 is 0 Å². The van der Waals surface area contributed by atoms with E-state index in [0.29, 0.717) is 0 Å². The van der Waals surface area contributed by atoms with Gasteiger partial charge in [-0.2, -0.15) is 34.4 Å². The van der Waals surface area contributed by atoms with Crippen molar-refractivity contribution in [3.63, 3.8) is 0 Å². The Labute approximate surface area is 166 Å². The number of aryl methyl sites for hydroxylation is 3. The first-order valence-corrected chi connectivity index (χ1v) is 6.81. The second-order valence-corrected chi connectivity index (χ2v) is 5.42. The minimum absolute atomic E-state index is 0. The standard InChI is InChI=1S/C10H9.C9H13.2ClH.Zr/c1-8-6-9-4-2-3-5-10(9)7-8;1-6-5-7(2)9(4)8(6)3;;;/h2-7H,1H3;5H,1-4H3;2*1H;/q2*-1;;;+4/p-2. The van der Waals surface area contributed by atoms with Crippen molar-refractivity contribution in [2.24, 2.45) is 0 Å². The van der Waals surface area contributed by atoms with Gasteiger partial charge in [0, 0.05) is 0 Å². The zero-order valence-electron chi connectivity index (χ0n) is 13.8. The quantitative estimate of drug-likeness (QED) is 0.438. The van der Waals surface area contributed by atoms with Crippen LogP contribution in [0.2, 0.25) is 0 Å². The van der Waals surface area contributed by atoms with Crippen LogP contribution in [0.1, 0.15) is 27.8 Å². The Morgan fingerprint density at radius 1 is 0.955 bits per heavy atom. The maximum absolute atomic E-state index is 2.24. The topological polar surface area (TPSA) is 0 Å². The summed E-state index contributed by atoms with van der Waals surface area (Å²) in [6.45, 7) is 10.8. The molecule has 3 aromatic rings. The van der Waals surface area contributed by atoms with Crippen LogP contribution in [-0.4, -0.2) is 0 Å². The number of halogens is 2. The van der Waals surface area contributed by atoms with Crippen molar-refractivity contribution in [2.75, 3.05) is 0 Å². The van der Waals surface area contributed by atoms with Gasteiger partial charge in [-0.05, 0) is 0 Å². The smallest absolute Gasteiger partial charge is 1.00 e. The first-order chi connectivity index (χ1) is 8.99. The Balaban J connectivity index is 0. The van der Waals surface area contributed by atoms with E-state index >= 15 is 0 Å². The zero-order chi connectivity index (χ0) is 14.0. The van der Waals surface area contributed by atoms with Crippen LogP contribution in [0.4, 0.5) is 0 Å². The average Bonchev–Trinajstić information content (AvgIpc) is 2.86. The molecule has 0 aliphatic heterocycles. The summed E-state index contributed by atoms with van der Waals surface area (Å²) in [4.78, 5) is 0. The van der Waals surface area contributed by atoms with Crippen molar-refractivity contribution in [1.29, 1.82) is 0 Å². The number of hydrogen-bond acceptors (Lipinski definition) is 0. The molecule has 0 unspecified atom stereocenters. The van der Waals surface area contributed by atoms with Gasteiger partial charge in [0.1, 0.15) is 0 Å². The van der Waals surface area contributed by atoms with Gasteiger partial charge in [0.15, 0.2) is 0 Å². The number of fused-ring (bicyclic) bond motifs is 1. The predicted octanol–water partition coefficient (Wildman–Crippen LogP) is -0.488. The van der Waals surface area contributed by atoms with Gasteiger partial charge in [0.2, 0.25) is 0 Å². The molecule has 0 aliphatic carbocycles. The van der Waals surface area contributed by atoms with Gasteiger partial charge in [-0.25, -0.2) is 0 Å². The molecule has 116 valence electrons. The van der Waals surface area contributed by atoms with Gasteiger partial charge in [-0.15, -0.1) is 40.6 Å². The molecule has 0 spiro atoms. The van der Waals surface area contributed by atoms with Crippen molar-refractivity contribution in [3.05, 3.63) is 70.3 Å². The van der Waals surface area contributed by atoms with Crippen molar-refractivity contribution in [1.82, 2.24) is 0 Å². The van der Waals surface area contributed by atoms with Gasteiger partial charge < -0.3 is 24.8 Å². The van der Waals surface area contributed by atoms with Gasteiger partial charge in [-0.3, -0.25) is 0 Å². The summed E-state index contributed by atoms with van der Waals surface area (Å²) >= 11 is 0. The van der Waals surface area contributed by atoms with Crippen molar-refractivity contribution < 1.29 is 51.0 Å². The van der Waals surface area contributed by atoms with Gasteiger partial charge in [0.25, 0.3) is 0 Å². The van der Waals surface area contributed by atoms with Crippen LogP contribution in [0, 0.1) is 34.6 Å². The zero-order valence-corrected chi connectivity index (χ0v) is 17.8. The number of rotatable bonds is 0. The van der Waals surface area contributed by atoms with Crippen molar-refractivity contribution in [2.45, 2.75) is 34.6 Å². The Kier molecular flexibility index (Phi) is 11.3. The Morgan fingerprint density at radius 2 is 1.55 bits per heavy atom. The summed E-state index contributed by atoms with van der Waals surface area (Å²) in [5, 5.41) is 2.69. The maximum atomic E-state index is 2.24. The third kappa shape index (κ3) is 5.69. The molecule has 0 aromatic heterocycles. The molecule has 0 nitrogen and oxygen atoms in total. The van der Waals surface area contributed by atoms with E-state index in [-0.39, 0.29) is 51.0 Å². The van der Waals surface area contributed by atoms with Crippen LogP contribution in [0.25, 0.3) is 10.8 Å². The minimum atomic E-state index is 0. The maximum Gasteiger partial charge on any atom is 4.00 e. The summed E-state index contributed by atoms with van der Waals surface area (Å²) in [5.41, 5.74) is 7.09. The molecule has 0 saturated carbocycles. The molecular weight excluding hydrogens is 390 g/mol. The van der Waals surface area contributed by atoms with Crippen LogP contribution >= 0.6 is 0 Å². The summed E-state index contributed by atoms with van der Waals surface area (Å²) in [7, 11) is 0. The monoisotopic (exact) mass is 410 g/mol. The number of benzene rings is 1. The molecule has 3 heteroatoms. The average molecular weight is 413 g/mol. The van der Waals surface area contributed by atoms with E-state index in [1.807, 2.05) is 0 Å². The van der Waals surface area contributed by atoms with Crippen molar-refractivity contribution >= 4 is 10.8 Å². The molecule has 3 aromatic carbocycles. The van der Waals surface area contributed by atoms with E-state index in [2.05, 4.69) is 77.1 Å². The Hall–Kier alpha value is -0.357. The van der Waals surface area contributed by atoms with E-state index in [9.17, 15) is 0 Å². The van der Waals surface area contributed by atoms with Gasteiger partial charge >= 0.3 is 26.2 Å². The molecule has 0 N–H and O–H groups in total. The molecule has 0 atom stereocenters. The fourth-order valence-corrected chi connectivity index (χ4v) is 2.44. The summed E-state index contributed by atoms with van der Waals surface area (Å²) in [5.74, 6) is 0. The van der Waals surface area contributed by atoms with E-state index in [4.69, 9.17) is 0 Å². The van der Waals surface area contributed by atoms with E-state index in [1.165, 1.54) is 38.6 Å². The normalized spacial score (nSPS) is 8.95. The minimum Gasteiger partial charge on any atom is -1.00 e. The molecule has 0 aliphatic rings. The van der Waals surface area contributed by atoms with Crippen LogP contribution < -0.4 is 24.8 Å². The Bertz CT molecular complexity index is 637. The summed E-state index contributed by atoms with van der Waals surface area (Å²) in [6, 6.07) is 15.1. The third-order valence-electron chi connectivity index (χ3n) is 3.94. The molecular formula is C19H22Cl2Zr. The summed E-state index contributed by atoms with van der Waals surface area (Å²) in [6.07, 6.45) is 0. The molecule has 3 rings (SSSR count). The first kappa shape index (κ1) is 23.9. The first-order valence-electron chi connectivity index (χ1n) is 6.81. The van der Waals surface area contributed by atoms with Crippen LogP contribution in [0.3, 0.4) is 0 Å². The number of hydrogen-bond donors (Lipinski definition) is 0. The molecule has 0 heterocycles. The van der Waals surface area contributed by atoms with Crippen LogP contribution in [0.5, 0.6) is 0 Å². The van der Waals surface area contributed by atoms with E-state index in [0.717, 1.165) is 0 Å². The third-order valence-corrected chi connectivity index (χ3v) is 3.94. The van der Waals surface area contributed by atoms with Crippen LogP contribution in [0.15, 0.2) is 42.5 Å². The largest absolute Gasteiger partial charge is 4.00 e. The van der Waals surface area contributed by atoms with Gasteiger partial charge in [0.05, 0.1) is 0 Å². The fraction of sp³-hybridized carbons (Fsp3) is 0.263. The predicted molar refractivity (Wildman–Crippen MR) is 85.3 cm³/mol. The Morgan fingerprint density at radius 3 is 1.95 bits per heavy atom. The molecule has 0 fully saturated rings. The van der Waals surface area contributed by atoms with Crippen molar-refractivity contribution in [3.8, 4) is 0 Å². The summed E-state index contributed by atoms with van der Waals surface area (Å²) < 4.78 is 0.